The Morgan fingerprint density at radius 3 is 2.93 bits per heavy atom. The molecule has 0 bridgehead atoms. The van der Waals surface area contributed by atoms with Gasteiger partial charge in [0, 0.05) is 18.4 Å². The van der Waals surface area contributed by atoms with Crippen LogP contribution in [0.5, 0.6) is 5.75 Å². The van der Waals surface area contributed by atoms with Crippen LogP contribution >= 0.6 is 0 Å². The van der Waals surface area contributed by atoms with Crippen molar-refractivity contribution in [1.29, 1.82) is 0 Å². The third-order valence-corrected chi connectivity index (χ3v) is 4.19. The zero-order valence-corrected chi connectivity index (χ0v) is 15.9. The molecule has 5 nitrogen and oxygen atoms in total. The maximum absolute atomic E-state index is 6.01. The summed E-state index contributed by atoms with van der Waals surface area (Å²) >= 11 is 0. The van der Waals surface area contributed by atoms with Crippen molar-refractivity contribution >= 4 is 5.82 Å². The number of rotatable bonds is 5. The molecule has 1 saturated heterocycles. The van der Waals surface area contributed by atoms with Crippen molar-refractivity contribution < 1.29 is 14.2 Å². The van der Waals surface area contributed by atoms with Gasteiger partial charge < -0.3 is 19.9 Å². The van der Waals surface area contributed by atoms with Gasteiger partial charge in [-0.25, -0.2) is 4.98 Å². The zero-order valence-electron chi connectivity index (χ0n) is 15.9. The Balaban J connectivity index is 1.62. The lowest BCUT2D eigenvalue weighted by molar-refractivity contribution is -0.199. The van der Waals surface area contributed by atoms with Gasteiger partial charge >= 0.3 is 0 Å². The highest BCUT2D eigenvalue weighted by Gasteiger charge is 2.23. The first-order valence-electron chi connectivity index (χ1n) is 9.27. The van der Waals surface area contributed by atoms with E-state index < -0.39 is 5.60 Å². The van der Waals surface area contributed by atoms with E-state index in [4.69, 9.17) is 19.9 Å². The number of ether oxygens (including phenoxy) is 3. The van der Waals surface area contributed by atoms with E-state index in [-0.39, 0.29) is 6.29 Å². The number of anilines is 1. The van der Waals surface area contributed by atoms with Gasteiger partial charge in [0.25, 0.3) is 0 Å². The molecule has 27 heavy (non-hydrogen) atoms. The SMILES string of the molecule is CC(C)(C#Cc1cccc(COc2cccnc2N)c1)OC1CCCCO1. The van der Waals surface area contributed by atoms with Gasteiger partial charge in [-0.3, -0.25) is 0 Å². The summed E-state index contributed by atoms with van der Waals surface area (Å²) in [6.07, 6.45) is 4.65. The number of hydrogen-bond donors (Lipinski definition) is 1. The molecule has 1 aromatic carbocycles. The van der Waals surface area contributed by atoms with E-state index in [1.807, 2.05) is 38.1 Å². The lowest BCUT2D eigenvalue weighted by atomic mass is 10.1. The van der Waals surface area contributed by atoms with Crippen LogP contribution in [0.2, 0.25) is 0 Å². The van der Waals surface area contributed by atoms with Crippen LogP contribution in [0.15, 0.2) is 42.6 Å². The molecule has 0 amide bonds. The van der Waals surface area contributed by atoms with Crippen molar-refractivity contribution in [3.8, 4) is 17.6 Å². The summed E-state index contributed by atoms with van der Waals surface area (Å²) < 4.78 is 17.4. The van der Waals surface area contributed by atoms with Crippen molar-refractivity contribution in [3.05, 3.63) is 53.7 Å². The summed E-state index contributed by atoms with van der Waals surface area (Å²) in [4.78, 5) is 4.02. The fourth-order valence-corrected chi connectivity index (χ4v) is 2.81. The second kappa shape index (κ2) is 8.90. The van der Waals surface area contributed by atoms with E-state index in [1.54, 1.807) is 18.3 Å². The molecule has 2 N–H and O–H groups in total. The molecule has 142 valence electrons. The number of nitrogens with two attached hydrogens (primary N) is 1. The van der Waals surface area contributed by atoms with Crippen LogP contribution in [0.25, 0.3) is 0 Å². The Labute approximate surface area is 160 Å². The fraction of sp³-hybridized carbons (Fsp3) is 0.409. The average Bonchev–Trinajstić information content (AvgIpc) is 2.67. The predicted octanol–water partition coefficient (Wildman–Crippen LogP) is 3.92. The maximum atomic E-state index is 6.01. The third kappa shape index (κ3) is 5.99. The molecule has 1 aliphatic heterocycles. The van der Waals surface area contributed by atoms with Crippen molar-refractivity contribution in [2.75, 3.05) is 12.3 Å². The van der Waals surface area contributed by atoms with Crippen LogP contribution in [0.4, 0.5) is 5.82 Å². The molecular formula is C22H26N2O3. The Bertz CT molecular complexity index is 818. The highest BCUT2D eigenvalue weighted by Crippen LogP contribution is 2.21. The minimum absolute atomic E-state index is 0.160. The van der Waals surface area contributed by atoms with Gasteiger partial charge in [0.2, 0.25) is 0 Å². The Morgan fingerprint density at radius 1 is 1.26 bits per heavy atom. The highest BCUT2D eigenvalue weighted by molar-refractivity contribution is 5.45. The van der Waals surface area contributed by atoms with Gasteiger partial charge in [-0.1, -0.05) is 24.0 Å². The average molecular weight is 366 g/mol. The Hall–Kier alpha value is -2.55. The first-order valence-corrected chi connectivity index (χ1v) is 9.27. The third-order valence-electron chi connectivity index (χ3n) is 4.19. The Kier molecular flexibility index (Phi) is 6.33. The van der Waals surface area contributed by atoms with Crippen LogP contribution < -0.4 is 10.5 Å². The standard InChI is InChI=1S/C22H26N2O3/c1-22(2,27-20-10-3-4-14-25-20)12-11-17-7-5-8-18(15-17)16-26-19-9-6-13-24-21(19)23/h5-9,13,15,20H,3-4,10,14,16H2,1-2H3,(H2,23,24). The van der Waals surface area contributed by atoms with Crippen LogP contribution in [-0.2, 0) is 16.1 Å². The number of nitrogen functional groups attached to an aromatic ring is 1. The van der Waals surface area contributed by atoms with E-state index in [0.717, 1.165) is 37.0 Å². The molecule has 1 fully saturated rings. The van der Waals surface area contributed by atoms with Gasteiger partial charge in [0.15, 0.2) is 17.9 Å². The van der Waals surface area contributed by atoms with Crippen LogP contribution in [0.1, 0.15) is 44.2 Å². The summed E-state index contributed by atoms with van der Waals surface area (Å²) in [5.41, 5.74) is 7.16. The van der Waals surface area contributed by atoms with Crippen LogP contribution in [-0.4, -0.2) is 23.5 Å². The molecule has 2 heterocycles. The smallest absolute Gasteiger partial charge is 0.166 e. The minimum Gasteiger partial charge on any atom is -0.485 e. The second-order valence-corrected chi connectivity index (χ2v) is 7.05. The molecule has 2 aromatic rings. The van der Waals surface area contributed by atoms with E-state index >= 15 is 0 Å². The quantitative estimate of drug-likeness (QED) is 0.813. The largest absolute Gasteiger partial charge is 0.485 e. The van der Waals surface area contributed by atoms with E-state index in [1.165, 1.54) is 0 Å². The monoisotopic (exact) mass is 366 g/mol. The number of benzene rings is 1. The normalized spacial score (nSPS) is 17.0. The molecule has 3 rings (SSSR count). The summed E-state index contributed by atoms with van der Waals surface area (Å²) in [5, 5.41) is 0. The van der Waals surface area contributed by atoms with Crippen LogP contribution in [0, 0.1) is 11.8 Å². The van der Waals surface area contributed by atoms with Crippen LogP contribution in [0.3, 0.4) is 0 Å². The lowest BCUT2D eigenvalue weighted by Crippen LogP contribution is -2.33. The summed E-state index contributed by atoms with van der Waals surface area (Å²) in [5.74, 6) is 7.38. The molecule has 0 saturated carbocycles. The van der Waals surface area contributed by atoms with E-state index in [2.05, 4.69) is 16.8 Å². The van der Waals surface area contributed by atoms with Gasteiger partial charge in [-0.2, -0.15) is 0 Å². The molecule has 1 atom stereocenters. The van der Waals surface area contributed by atoms with Gasteiger partial charge in [0.1, 0.15) is 12.2 Å². The summed E-state index contributed by atoms with van der Waals surface area (Å²) in [6.45, 7) is 5.10. The molecule has 0 spiro atoms. The fourth-order valence-electron chi connectivity index (χ4n) is 2.81. The number of aromatic nitrogens is 1. The molecule has 1 aliphatic rings. The first-order chi connectivity index (χ1) is 13.0. The first kappa shape index (κ1) is 19.2. The summed E-state index contributed by atoms with van der Waals surface area (Å²) in [6, 6.07) is 11.5. The topological polar surface area (TPSA) is 66.6 Å². The maximum Gasteiger partial charge on any atom is 0.166 e. The zero-order chi connectivity index (χ0) is 19.1. The molecule has 5 heteroatoms. The number of hydrogen-bond acceptors (Lipinski definition) is 5. The molecule has 0 radical (unpaired) electrons. The van der Waals surface area contributed by atoms with E-state index in [0.29, 0.717) is 18.2 Å². The molecule has 1 unspecified atom stereocenters. The van der Waals surface area contributed by atoms with Gasteiger partial charge in [-0.15, -0.1) is 0 Å². The number of nitrogens with zero attached hydrogens (tertiary/aromatic N) is 1. The molecule has 0 aliphatic carbocycles. The number of pyridine rings is 1. The second-order valence-electron chi connectivity index (χ2n) is 7.05. The summed E-state index contributed by atoms with van der Waals surface area (Å²) in [7, 11) is 0. The Morgan fingerprint density at radius 2 is 2.15 bits per heavy atom. The lowest BCUT2D eigenvalue weighted by Gasteiger charge is -2.29. The highest BCUT2D eigenvalue weighted by atomic mass is 16.7. The minimum atomic E-state index is -0.571. The van der Waals surface area contributed by atoms with Crippen molar-refractivity contribution in [2.24, 2.45) is 0 Å². The predicted molar refractivity (Wildman–Crippen MR) is 105 cm³/mol. The molecule has 1 aromatic heterocycles. The van der Waals surface area contributed by atoms with E-state index in [9.17, 15) is 0 Å². The van der Waals surface area contributed by atoms with Gasteiger partial charge in [0.05, 0.1) is 0 Å². The van der Waals surface area contributed by atoms with Crippen molar-refractivity contribution in [1.82, 2.24) is 4.98 Å². The molecular weight excluding hydrogens is 340 g/mol. The van der Waals surface area contributed by atoms with Crippen molar-refractivity contribution in [3.63, 3.8) is 0 Å². The van der Waals surface area contributed by atoms with Crippen molar-refractivity contribution in [2.45, 2.75) is 51.6 Å². The van der Waals surface area contributed by atoms with Gasteiger partial charge in [-0.05, 0) is 62.9 Å².